The Morgan fingerprint density at radius 1 is 1.24 bits per heavy atom. The molecule has 2 rings (SSSR count). The van der Waals surface area contributed by atoms with Gasteiger partial charge in [0.1, 0.15) is 6.04 Å². The third-order valence-corrected chi connectivity index (χ3v) is 2.85. The number of hydrogen-bond acceptors (Lipinski definition) is 5. The molecule has 0 fully saturated rings. The summed E-state index contributed by atoms with van der Waals surface area (Å²) in [7, 11) is 4.55. The van der Waals surface area contributed by atoms with Gasteiger partial charge in [-0.2, -0.15) is 0 Å². The van der Waals surface area contributed by atoms with Crippen LogP contribution in [0.25, 0.3) is 0 Å². The Labute approximate surface area is 99.7 Å². The van der Waals surface area contributed by atoms with Crippen molar-refractivity contribution in [2.24, 2.45) is 0 Å². The minimum Gasteiger partial charge on any atom is -0.493 e. The van der Waals surface area contributed by atoms with Crippen LogP contribution >= 0.6 is 0 Å². The molecule has 17 heavy (non-hydrogen) atoms. The van der Waals surface area contributed by atoms with Gasteiger partial charge in [0.05, 0.1) is 21.3 Å². The molecule has 1 N–H and O–H groups in total. The zero-order valence-electron chi connectivity index (χ0n) is 10.1. The first-order valence-corrected chi connectivity index (χ1v) is 5.29. The van der Waals surface area contributed by atoms with Crippen molar-refractivity contribution in [1.29, 1.82) is 0 Å². The van der Waals surface area contributed by atoms with E-state index >= 15 is 0 Å². The Hall–Kier alpha value is -1.91. The molecule has 0 radical (unpaired) electrons. The van der Waals surface area contributed by atoms with Crippen LogP contribution in [0.5, 0.6) is 11.5 Å². The number of carbonyl (C=O) groups excluding carboxylic acids is 1. The average molecular weight is 237 g/mol. The molecule has 1 heterocycles. The fourth-order valence-electron chi connectivity index (χ4n) is 1.97. The Morgan fingerprint density at radius 2 is 1.88 bits per heavy atom. The number of benzene rings is 1. The molecule has 5 nitrogen and oxygen atoms in total. The third kappa shape index (κ3) is 2.00. The number of carbonyl (C=O) groups is 1. The van der Waals surface area contributed by atoms with Crippen LogP contribution in [0, 0.1) is 0 Å². The fraction of sp³-hybridized carbons (Fsp3) is 0.417. The maximum atomic E-state index is 11.4. The zero-order valence-corrected chi connectivity index (χ0v) is 10.1. The second-order valence-electron chi connectivity index (χ2n) is 3.79. The minimum atomic E-state index is -0.327. The highest BCUT2D eigenvalue weighted by atomic mass is 16.5. The average Bonchev–Trinajstić information content (AvgIpc) is 2.78. The Morgan fingerprint density at radius 3 is 2.47 bits per heavy atom. The monoisotopic (exact) mass is 237 g/mol. The van der Waals surface area contributed by atoms with Crippen molar-refractivity contribution in [3.8, 4) is 11.5 Å². The number of rotatable bonds is 3. The number of hydrogen-bond donors (Lipinski definition) is 1. The molecule has 0 saturated carbocycles. The fourth-order valence-corrected chi connectivity index (χ4v) is 1.97. The van der Waals surface area contributed by atoms with E-state index in [-0.39, 0.29) is 12.0 Å². The Kier molecular flexibility index (Phi) is 3.08. The van der Waals surface area contributed by atoms with Crippen molar-refractivity contribution < 1.29 is 19.0 Å². The predicted molar refractivity (Wildman–Crippen MR) is 62.7 cm³/mol. The Balaban J connectivity index is 2.29. The van der Waals surface area contributed by atoms with Gasteiger partial charge in [-0.3, -0.25) is 0 Å². The van der Waals surface area contributed by atoms with Crippen molar-refractivity contribution in [3.63, 3.8) is 0 Å². The minimum absolute atomic E-state index is 0.265. The quantitative estimate of drug-likeness (QED) is 0.801. The second kappa shape index (κ2) is 4.53. The zero-order chi connectivity index (χ0) is 12.4. The molecule has 0 aromatic heterocycles. The van der Waals surface area contributed by atoms with E-state index in [2.05, 4.69) is 5.32 Å². The summed E-state index contributed by atoms with van der Waals surface area (Å²) >= 11 is 0. The third-order valence-electron chi connectivity index (χ3n) is 2.85. The summed E-state index contributed by atoms with van der Waals surface area (Å²) in [5.74, 6) is 1.04. The first-order valence-electron chi connectivity index (χ1n) is 5.29. The van der Waals surface area contributed by atoms with Gasteiger partial charge in [0.25, 0.3) is 0 Å². The van der Waals surface area contributed by atoms with E-state index < -0.39 is 0 Å². The van der Waals surface area contributed by atoms with Crippen LogP contribution in [0.1, 0.15) is 5.56 Å². The van der Waals surface area contributed by atoms with Crippen molar-refractivity contribution in [1.82, 2.24) is 0 Å². The molecule has 5 heteroatoms. The molecular weight excluding hydrogens is 222 g/mol. The summed E-state index contributed by atoms with van der Waals surface area (Å²) in [6, 6.07) is 3.38. The van der Waals surface area contributed by atoms with Crippen LogP contribution in [0.2, 0.25) is 0 Å². The van der Waals surface area contributed by atoms with Crippen LogP contribution in [0.15, 0.2) is 12.1 Å². The van der Waals surface area contributed by atoms with Crippen LogP contribution in [-0.4, -0.2) is 33.3 Å². The SMILES string of the molecule is COC(=O)C1Cc2cc(OC)c(OC)cc2N1. The summed E-state index contributed by atoms with van der Waals surface area (Å²) in [5, 5.41) is 3.10. The predicted octanol–water partition coefficient (Wildman–Crippen LogP) is 1.21. The number of anilines is 1. The molecule has 1 aliphatic rings. The Bertz CT molecular complexity index is 411. The van der Waals surface area contributed by atoms with E-state index in [1.165, 1.54) is 7.11 Å². The van der Waals surface area contributed by atoms with E-state index in [0.29, 0.717) is 17.9 Å². The highest BCUT2D eigenvalue weighted by Crippen LogP contribution is 2.37. The topological polar surface area (TPSA) is 56.8 Å². The van der Waals surface area contributed by atoms with Gasteiger partial charge >= 0.3 is 5.97 Å². The maximum absolute atomic E-state index is 11.4. The molecule has 0 spiro atoms. The summed E-state index contributed by atoms with van der Waals surface area (Å²) < 4.78 is 15.1. The smallest absolute Gasteiger partial charge is 0.328 e. The van der Waals surface area contributed by atoms with Crippen LogP contribution in [0.4, 0.5) is 5.69 Å². The molecule has 1 aromatic rings. The molecule has 0 aliphatic carbocycles. The van der Waals surface area contributed by atoms with Gasteiger partial charge in [-0.15, -0.1) is 0 Å². The number of ether oxygens (including phenoxy) is 3. The van der Waals surface area contributed by atoms with Crippen LogP contribution in [-0.2, 0) is 16.0 Å². The van der Waals surface area contributed by atoms with Gasteiger partial charge in [-0.1, -0.05) is 0 Å². The van der Waals surface area contributed by atoms with E-state index in [9.17, 15) is 4.79 Å². The van der Waals surface area contributed by atoms with Crippen molar-refractivity contribution in [3.05, 3.63) is 17.7 Å². The lowest BCUT2D eigenvalue weighted by Gasteiger charge is -2.10. The summed E-state index contributed by atoms with van der Waals surface area (Å²) in [5.41, 5.74) is 1.91. The summed E-state index contributed by atoms with van der Waals surface area (Å²) in [6.07, 6.45) is 0.600. The number of esters is 1. The van der Waals surface area contributed by atoms with Crippen molar-refractivity contribution >= 4 is 11.7 Å². The van der Waals surface area contributed by atoms with Crippen molar-refractivity contribution in [2.75, 3.05) is 26.6 Å². The van der Waals surface area contributed by atoms with Crippen molar-refractivity contribution in [2.45, 2.75) is 12.5 Å². The first kappa shape index (κ1) is 11.6. The van der Waals surface area contributed by atoms with Gasteiger partial charge < -0.3 is 19.5 Å². The molecular formula is C12H15NO4. The summed E-state index contributed by atoms with van der Waals surface area (Å²) in [6.45, 7) is 0. The van der Waals surface area contributed by atoms with E-state index in [0.717, 1.165) is 11.3 Å². The summed E-state index contributed by atoms with van der Waals surface area (Å²) in [4.78, 5) is 11.4. The largest absolute Gasteiger partial charge is 0.493 e. The van der Waals surface area contributed by atoms with E-state index in [1.54, 1.807) is 14.2 Å². The molecule has 0 amide bonds. The molecule has 92 valence electrons. The molecule has 0 bridgehead atoms. The lowest BCUT2D eigenvalue weighted by Crippen LogP contribution is -2.27. The molecule has 0 saturated heterocycles. The van der Waals surface area contributed by atoms with Crippen LogP contribution < -0.4 is 14.8 Å². The highest BCUT2D eigenvalue weighted by Gasteiger charge is 2.28. The van der Waals surface area contributed by atoms with Gasteiger partial charge in [-0.25, -0.2) is 4.79 Å². The highest BCUT2D eigenvalue weighted by molar-refractivity contribution is 5.83. The normalized spacial score (nSPS) is 17.0. The molecule has 1 unspecified atom stereocenters. The molecule has 1 aliphatic heterocycles. The van der Waals surface area contributed by atoms with E-state index in [4.69, 9.17) is 14.2 Å². The van der Waals surface area contributed by atoms with Gasteiger partial charge in [0, 0.05) is 18.2 Å². The van der Waals surface area contributed by atoms with E-state index in [1.807, 2.05) is 12.1 Å². The lowest BCUT2D eigenvalue weighted by molar-refractivity contribution is -0.141. The maximum Gasteiger partial charge on any atom is 0.328 e. The van der Waals surface area contributed by atoms with Gasteiger partial charge in [0.15, 0.2) is 11.5 Å². The molecule has 1 atom stereocenters. The number of nitrogens with one attached hydrogen (secondary N) is 1. The number of methoxy groups -OCH3 is 3. The standard InChI is InChI=1S/C12H15NO4/c1-15-10-5-7-4-9(12(14)17-3)13-8(7)6-11(10)16-2/h5-6,9,13H,4H2,1-3H3. The van der Waals surface area contributed by atoms with Crippen LogP contribution in [0.3, 0.4) is 0 Å². The first-order chi connectivity index (χ1) is 8.19. The second-order valence-corrected chi connectivity index (χ2v) is 3.79. The van der Waals surface area contributed by atoms with Gasteiger partial charge in [-0.05, 0) is 11.6 Å². The number of fused-ring (bicyclic) bond motifs is 1. The van der Waals surface area contributed by atoms with Gasteiger partial charge in [0.2, 0.25) is 0 Å². The lowest BCUT2D eigenvalue weighted by atomic mass is 10.1. The molecule has 1 aromatic carbocycles.